The Morgan fingerprint density at radius 1 is 1.16 bits per heavy atom. The van der Waals surface area contributed by atoms with Crippen molar-refractivity contribution >= 4 is 5.91 Å². The number of carbonyl (C=O) groups excluding carboxylic acids is 1. The monoisotopic (exact) mass is 342 g/mol. The van der Waals surface area contributed by atoms with Gasteiger partial charge in [0.1, 0.15) is 0 Å². The van der Waals surface area contributed by atoms with Crippen LogP contribution in [0.5, 0.6) is 0 Å². The Hall–Kier alpha value is -1.39. The molecule has 0 unspecified atom stereocenters. The molecule has 2 saturated heterocycles. The molecule has 25 heavy (non-hydrogen) atoms. The number of hydrogen-bond donors (Lipinski definition) is 2. The number of hydrogen-bond acceptors (Lipinski definition) is 3. The molecular formula is C21H30N2O2. The van der Waals surface area contributed by atoms with Crippen LogP contribution in [0, 0.1) is 11.3 Å². The van der Waals surface area contributed by atoms with E-state index in [1.807, 2.05) is 0 Å². The smallest absolute Gasteiger partial charge is 0.227 e. The third kappa shape index (κ3) is 3.11. The highest BCUT2D eigenvalue weighted by atomic mass is 16.5. The van der Waals surface area contributed by atoms with Gasteiger partial charge in [-0.3, -0.25) is 4.79 Å². The second-order valence-electron chi connectivity index (χ2n) is 8.17. The van der Waals surface area contributed by atoms with Crippen molar-refractivity contribution in [3.63, 3.8) is 0 Å². The minimum Gasteiger partial charge on any atom is -0.381 e. The fraction of sp³-hybridized carbons (Fsp3) is 0.667. The minimum atomic E-state index is -0.165. The summed E-state index contributed by atoms with van der Waals surface area (Å²) in [6, 6.07) is 10.7. The van der Waals surface area contributed by atoms with Gasteiger partial charge in [-0.15, -0.1) is 0 Å². The Morgan fingerprint density at radius 2 is 1.96 bits per heavy atom. The zero-order valence-electron chi connectivity index (χ0n) is 15.1. The lowest BCUT2D eigenvalue weighted by Crippen LogP contribution is -2.52. The third-order valence-corrected chi connectivity index (χ3v) is 6.91. The number of nitrogens with one attached hydrogen (secondary N) is 2. The molecule has 136 valence electrons. The predicted octanol–water partition coefficient (Wildman–Crippen LogP) is 2.63. The first-order valence-corrected chi connectivity index (χ1v) is 9.88. The van der Waals surface area contributed by atoms with E-state index in [2.05, 4.69) is 41.0 Å². The van der Waals surface area contributed by atoms with Gasteiger partial charge >= 0.3 is 0 Å². The van der Waals surface area contributed by atoms with Crippen molar-refractivity contribution in [2.24, 2.45) is 11.3 Å². The van der Waals surface area contributed by atoms with E-state index in [1.54, 1.807) is 0 Å². The van der Waals surface area contributed by atoms with E-state index in [1.165, 1.54) is 24.8 Å². The molecule has 4 heteroatoms. The summed E-state index contributed by atoms with van der Waals surface area (Å²) in [6.07, 6.45) is 6.64. The average molecular weight is 342 g/mol. The summed E-state index contributed by atoms with van der Waals surface area (Å²) in [4.78, 5) is 13.2. The predicted molar refractivity (Wildman–Crippen MR) is 98.4 cm³/mol. The Bertz CT molecular complexity index is 597. The first-order valence-electron chi connectivity index (χ1n) is 9.88. The van der Waals surface area contributed by atoms with Crippen molar-refractivity contribution in [3.8, 4) is 0 Å². The third-order valence-electron chi connectivity index (χ3n) is 6.91. The van der Waals surface area contributed by atoms with E-state index >= 15 is 0 Å². The summed E-state index contributed by atoms with van der Waals surface area (Å²) in [6.45, 7) is 4.14. The van der Waals surface area contributed by atoms with Crippen molar-refractivity contribution in [1.29, 1.82) is 0 Å². The Labute approximate surface area is 150 Å². The maximum absolute atomic E-state index is 13.2. The summed E-state index contributed by atoms with van der Waals surface area (Å²) in [5.74, 6) is 0.799. The van der Waals surface area contributed by atoms with Gasteiger partial charge < -0.3 is 15.4 Å². The molecule has 0 aromatic heterocycles. The summed E-state index contributed by atoms with van der Waals surface area (Å²) >= 11 is 0. The highest BCUT2D eigenvalue weighted by molar-refractivity contribution is 5.84. The molecule has 1 aromatic rings. The van der Waals surface area contributed by atoms with Gasteiger partial charge in [0.05, 0.1) is 5.41 Å². The SMILES string of the molecule is O=C(NCC1(c2ccccc2)CCOCC1)[C@@]12CCCC[C@H]1CNC2. The summed E-state index contributed by atoms with van der Waals surface area (Å²) in [5.41, 5.74) is 1.18. The van der Waals surface area contributed by atoms with Crippen LogP contribution in [0.1, 0.15) is 44.1 Å². The number of carbonyl (C=O) groups is 1. The number of benzene rings is 1. The van der Waals surface area contributed by atoms with Gasteiger partial charge in [-0.05, 0) is 43.7 Å². The highest BCUT2D eigenvalue weighted by Crippen LogP contribution is 2.44. The fourth-order valence-corrected chi connectivity index (χ4v) is 5.24. The Kier molecular flexibility index (Phi) is 4.83. The van der Waals surface area contributed by atoms with Gasteiger partial charge in [-0.25, -0.2) is 0 Å². The number of rotatable bonds is 4. The van der Waals surface area contributed by atoms with Crippen LogP contribution in [0.15, 0.2) is 30.3 Å². The van der Waals surface area contributed by atoms with Gasteiger partial charge in [-0.1, -0.05) is 43.2 Å². The molecule has 2 N–H and O–H groups in total. The minimum absolute atomic E-state index is 0.0159. The average Bonchev–Trinajstić information content (AvgIpc) is 3.13. The molecule has 4 rings (SSSR count). The topological polar surface area (TPSA) is 50.4 Å². The molecule has 1 amide bonds. The molecule has 2 atom stereocenters. The largest absolute Gasteiger partial charge is 0.381 e. The molecule has 2 aliphatic heterocycles. The standard InChI is InChI=1S/C21H30N2O2/c24-19(21-9-5-4-8-18(21)14-22-16-21)23-15-20(10-12-25-13-11-20)17-6-2-1-3-7-17/h1-3,6-7,18,22H,4-5,8-16H2,(H,23,24)/t18-,21+/m0/s1. The lowest BCUT2D eigenvalue weighted by Gasteiger charge is -2.41. The van der Waals surface area contributed by atoms with Crippen LogP contribution in [0.4, 0.5) is 0 Å². The van der Waals surface area contributed by atoms with Crippen molar-refractivity contribution in [2.45, 2.75) is 43.9 Å². The van der Waals surface area contributed by atoms with Crippen molar-refractivity contribution in [2.75, 3.05) is 32.8 Å². The Morgan fingerprint density at radius 3 is 2.76 bits per heavy atom. The van der Waals surface area contributed by atoms with Gasteiger partial charge in [0.15, 0.2) is 0 Å². The molecule has 0 spiro atoms. The molecule has 1 aromatic carbocycles. The molecule has 0 bridgehead atoms. The summed E-state index contributed by atoms with van der Waals surface area (Å²) in [5, 5.41) is 6.87. The van der Waals surface area contributed by atoms with Crippen LogP contribution in [0.25, 0.3) is 0 Å². The lowest BCUT2D eigenvalue weighted by molar-refractivity contribution is -0.134. The zero-order valence-corrected chi connectivity index (χ0v) is 15.1. The molecule has 3 aliphatic rings. The van der Waals surface area contributed by atoms with Crippen LogP contribution >= 0.6 is 0 Å². The van der Waals surface area contributed by atoms with Crippen molar-refractivity contribution < 1.29 is 9.53 Å². The van der Waals surface area contributed by atoms with Crippen LogP contribution in [0.2, 0.25) is 0 Å². The molecule has 4 nitrogen and oxygen atoms in total. The molecule has 1 saturated carbocycles. The van der Waals surface area contributed by atoms with E-state index in [9.17, 15) is 4.79 Å². The lowest BCUT2D eigenvalue weighted by atomic mass is 9.67. The van der Waals surface area contributed by atoms with Crippen LogP contribution in [-0.2, 0) is 14.9 Å². The maximum Gasteiger partial charge on any atom is 0.227 e. The van der Waals surface area contributed by atoms with E-state index in [0.717, 1.165) is 52.1 Å². The molecule has 2 heterocycles. The maximum atomic E-state index is 13.2. The van der Waals surface area contributed by atoms with Crippen molar-refractivity contribution in [3.05, 3.63) is 35.9 Å². The van der Waals surface area contributed by atoms with Gasteiger partial charge in [0, 0.05) is 31.7 Å². The molecule has 1 aliphatic carbocycles. The summed E-state index contributed by atoms with van der Waals surface area (Å²) < 4.78 is 5.61. The molecular weight excluding hydrogens is 312 g/mol. The van der Waals surface area contributed by atoms with Gasteiger partial charge in [0.2, 0.25) is 5.91 Å². The first kappa shape index (κ1) is 17.0. The molecule has 0 radical (unpaired) electrons. The quantitative estimate of drug-likeness (QED) is 0.884. The van der Waals surface area contributed by atoms with Gasteiger partial charge in [-0.2, -0.15) is 0 Å². The van der Waals surface area contributed by atoms with Crippen molar-refractivity contribution in [1.82, 2.24) is 10.6 Å². The van der Waals surface area contributed by atoms with Crippen LogP contribution in [0.3, 0.4) is 0 Å². The fourth-order valence-electron chi connectivity index (χ4n) is 5.24. The zero-order chi connectivity index (χ0) is 17.2. The first-order chi connectivity index (χ1) is 12.3. The van der Waals surface area contributed by atoms with E-state index in [0.29, 0.717) is 5.92 Å². The number of ether oxygens (including phenoxy) is 1. The second-order valence-corrected chi connectivity index (χ2v) is 8.17. The van der Waals surface area contributed by atoms with Crippen LogP contribution in [-0.4, -0.2) is 38.8 Å². The normalized spacial score (nSPS) is 31.3. The molecule has 3 fully saturated rings. The van der Waals surface area contributed by atoms with E-state index < -0.39 is 0 Å². The second kappa shape index (κ2) is 7.08. The Balaban J connectivity index is 1.50. The van der Waals surface area contributed by atoms with Gasteiger partial charge in [0.25, 0.3) is 0 Å². The van der Waals surface area contributed by atoms with Crippen LogP contribution < -0.4 is 10.6 Å². The number of amides is 1. The number of fused-ring (bicyclic) bond motifs is 1. The highest BCUT2D eigenvalue weighted by Gasteiger charge is 2.50. The summed E-state index contributed by atoms with van der Waals surface area (Å²) in [7, 11) is 0. The van der Waals surface area contributed by atoms with E-state index in [-0.39, 0.29) is 16.7 Å². The van der Waals surface area contributed by atoms with E-state index in [4.69, 9.17) is 4.74 Å².